The van der Waals surface area contributed by atoms with Crippen molar-refractivity contribution in [3.05, 3.63) is 0 Å². The predicted molar refractivity (Wildman–Crippen MR) is 34.3 cm³/mol. The van der Waals surface area contributed by atoms with Crippen molar-refractivity contribution in [3.8, 4) is 0 Å². The summed E-state index contributed by atoms with van der Waals surface area (Å²) < 4.78 is 25.6. The van der Waals surface area contributed by atoms with Gasteiger partial charge < -0.3 is 57.7 Å². The molecule has 0 atom stereocenters. The number of phosphoric acid groups is 3. The molecule has 0 heterocycles. The average Bonchev–Trinajstić information content (AvgIpc) is 1.41. The van der Waals surface area contributed by atoms with Crippen LogP contribution in [-0.4, -0.2) is 60.8 Å². The molecule has 0 unspecified atom stereocenters. The molecule has 2 radical (unpaired) electrons. The van der Waals surface area contributed by atoms with Gasteiger partial charge in [-0.1, -0.05) is 0 Å². The van der Waals surface area contributed by atoms with Crippen LogP contribution in [0.3, 0.4) is 0 Å². The number of hydrogen-bond donors (Lipinski definition) is 0. The van der Waals surface area contributed by atoms with Gasteiger partial charge in [0.1, 0.15) is 0 Å². The van der Waals surface area contributed by atoms with E-state index in [1.807, 2.05) is 0 Å². The van der Waals surface area contributed by atoms with Crippen molar-refractivity contribution in [3.63, 3.8) is 0 Å². The average molecular weight is 460 g/mol. The van der Waals surface area contributed by atoms with Crippen LogP contribution in [0.15, 0.2) is 0 Å². The van der Waals surface area contributed by atoms with Crippen molar-refractivity contribution in [1.82, 2.24) is 0 Å². The summed E-state index contributed by atoms with van der Waals surface area (Å²) in [5.41, 5.74) is 0. The molecule has 106 valence electrons. The van der Waals surface area contributed by atoms with Crippen LogP contribution >= 0.6 is 23.5 Å². The molecule has 0 aliphatic rings. The monoisotopic (exact) mass is 460 g/mol. The molecule has 19 heavy (non-hydrogen) atoms. The summed E-state index contributed by atoms with van der Waals surface area (Å²) in [5.74, 6) is 0. The number of rotatable bonds is 0. The summed E-state index contributed by atoms with van der Waals surface area (Å²) >= 11 is 0. The third-order valence-electron chi connectivity index (χ3n) is 0. The minimum atomic E-state index is -5.39. The zero-order chi connectivity index (χ0) is 13.5. The first-order valence-corrected chi connectivity index (χ1v) is 6.57. The molecule has 0 saturated heterocycles. The van der Waals surface area contributed by atoms with Crippen LogP contribution in [0.5, 0.6) is 0 Å². The first-order chi connectivity index (χ1) is 6.00. The summed E-state index contributed by atoms with van der Waals surface area (Å²) in [4.78, 5) is 76.9. The van der Waals surface area contributed by atoms with Gasteiger partial charge in [-0.2, -0.15) is 23.5 Å². The van der Waals surface area contributed by atoms with Gasteiger partial charge in [-0.3, -0.25) is 0 Å². The quantitative estimate of drug-likeness (QED) is 0.241. The minimum absolute atomic E-state index is 0. The summed E-state index contributed by atoms with van der Waals surface area (Å²) in [7, 11) is -16.2. The Morgan fingerprint density at radius 2 is 0.526 bits per heavy atom. The van der Waals surface area contributed by atoms with Gasteiger partial charge in [-0.05, 0) is 0 Å². The fourth-order valence-corrected chi connectivity index (χ4v) is 0. The van der Waals surface area contributed by atoms with Gasteiger partial charge in [0, 0.05) is 0 Å². The minimum Gasteiger partial charge on any atom is -0.822 e. The van der Waals surface area contributed by atoms with Crippen LogP contribution < -0.4 is 44.0 Å². The Hall–Kier alpha value is 3.39. The summed E-state index contributed by atoms with van der Waals surface area (Å²) in [5, 5.41) is 0. The van der Waals surface area contributed by atoms with Crippen molar-refractivity contribution < 1.29 is 91.9 Å². The van der Waals surface area contributed by atoms with Crippen LogP contribution in [0.1, 0.15) is 0 Å². The molecule has 0 aromatic rings. The molecule has 0 aliphatic carbocycles. The van der Waals surface area contributed by atoms with Crippen molar-refractivity contribution >= 4 is 84.3 Å². The zero-order valence-electron chi connectivity index (χ0n) is 8.39. The maximum atomic E-state index is 8.55. The molecule has 0 bridgehead atoms. The van der Waals surface area contributed by atoms with E-state index in [0.29, 0.717) is 0 Å². The molecule has 0 aliphatic heterocycles. The Labute approximate surface area is 174 Å². The van der Waals surface area contributed by atoms with E-state index in [2.05, 4.69) is 0 Å². The second kappa shape index (κ2) is 19.4. The van der Waals surface area contributed by atoms with Crippen molar-refractivity contribution in [2.45, 2.75) is 0 Å². The van der Waals surface area contributed by atoms with Crippen LogP contribution in [0.2, 0.25) is 0 Å². The van der Waals surface area contributed by atoms with Crippen molar-refractivity contribution in [2.75, 3.05) is 0 Å². The number of hydrogen-bond acceptors (Lipinski definition) is 12. The van der Waals surface area contributed by atoms with Crippen molar-refractivity contribution in [1.29, 1.82) is 0 Å². The Kier molecular flexibility index (Phi) is 44.3. The van der Waals surface area contributed by atoms with E-state index in [1.54, 1.807) is 0 Å². The molecule has 0 rings (SSSR count). The molecule has 0 aromatic heterocycles. The smallest absolute Gasteiger partial charge is 0.822 e. The normalized spacial score (nSPS) is 9.32. The van der Waals surface area contributed by atoms with Gasteiger partial charge in [0.25, 0.3) is 0 Å². The van der Waals surface area contributed by atoms with E-state index >= 15 is 0 Å². The summed E-state index contributed by atoms with van der Waals surface area (Å²) in [6.45, 7) is 0. The largest absolute Gasteiger partial charge is 3.00 e. The molecule has 19 heteroatoms. The molecular weight excluding hydrogens is 460 g/mol. The summed E-state index contributed by atoms with van der Waals surface area (Å²) in [6.07, 6.45) is 0. The van der Waals surface area contributed by atoms with E-state index in [-0.39, 0.29) is 94.9 Å². The van der Waals surface area contributed by atoms with E-state index < -0.39 is 23.5 Å². The third-order valence-corrected chi connectivity index (χ3v) is 0. The maximum Gasteiger partial charge on any atom is 3.00 e. The molecule has 0 saturated carbocycles. The fraction of sp³-hybridized carbons (Fsp3) is 0. The van der Waals surface area contributed by atoms with E-state index in [1.165, 1.54) is 0 Å². The van der Waals surface area contributed by atoms with E-state index in [0.717, 1.165) is 0 Å². The molecule has 0 amide bonds. The van der Waals surface area contributed by atoms with Crippen molar-refractivity contribution in [2.24, 2.45) is 0 Å². The molecule has 0 spiro atoms. The topological polar surface area (TPSA) is 259 Å². The Morgan fingerprint density at radius 1 is 0.526 bits per heavy atom. The molecule has 12 nitrogen and oxygen atoms in total. The fourth-order valence-electron chi connectivity index (χ4n) is 0. The van der Waals surface area contributed by atoms with Gasteiger partial charge in [-0.25, -0.2) is 0 Å². The Balaban J connectivity index is -0.0000000206. The van der Waals surface area contributed by atoms with Crippen LogP contribution in [0.25, 0.3) is 0 Å². The first-order valence-electron chi connectivity index (χ1n) is 2.19. The zero-order valence-corrected chi connectivity index (χ0v) is 17.0. The maximum absolute atomic E-state index is 8.55. The second-order valence-electron chi connectivity index (χ2n) is 1.34. The third kappa shape index (κ3) is 698. The van der Waals surface area contributed by atoms with E-state index in [9.17, 15) is 0 Å². The Bertz CT molecular complexity index is 219. The van der Waals surface area contributed by atoms with Crippen LogP contribution in [-0.2, 0) is 47.8 Å². The van der Waals surface area contributed by atoms with E-state index in [4.69, 9.17) is 57.7 Å². The SMILES string of the molecule is O=P([O-])([O-])[O-].O=P([O-])([O-])[O-].O=P([O-])([O-])[O-].[Ca+2].[Fe+3].[Mg+2].[Mn+2]. The predicted octanol–water partition coefficient (Wildman–Crippen LogP) is -9.24. The van der Waals surface area contributed by atoms with Gasteiger partial charge in [0.15, 0.2) is 0 Å². The molecular formula is CaFeMgMnO12P3. The first kappa shape index (κ1) is 43.3. The molecule has 0 N–H and O–H groups in total. The van der Waals surface area contributed by atoms with Gasteiger partial charge in [0.2, 0.25) is 0 Å². The van der Waals surface area contributed by atoms with Crippen LogP contribution in [0.4, 0.5) is 0 Å². The molecule has 0 fully saturated rings. The standard InChI is InChI=1S/Ca.Fe.Mg.Mn.3H3O4P/c;;;;3*1-5(2,3)4/h;;;;3*(H3,1,2,3,4)/q+2;+3;2*+2;;;/p-9. The molecule has 0 aromatic carbocycles. The van der Waals surface area contributed by atoms with Gasteiger partial charge in [-0.15, -0.1) is 0 Å². The second-order valence-corrected chi connectivity index (χ2v) is 4.02. The van der Waals surface area contributed by atoms with Gasteiger partial charge in [0.05, 0.1) is 0 Å². The van der Waals surface area contributed by atoms with Crippen LogP contribution in [0, 0.1) is 0 Å². The van der Waals surface area contributed by atoms with Gasteiger partial charge >= 0.3 is 94.9 Å². The summed E-state index contributed by atoms with van der Waals surface area (Å²) in [6, 6.07) is 0. The Morgan fingerprint density at radius 3 is 0.526 bits per heavy atom.